The molecule has 8 nitrogen and oxygen atoms in total. The largest absolute Gasteiger partial charge is 0.481 e. The Hall–Kier alpha value is -2.87. The highest BCUT2D eigenvalue weighted by Gasteiger charge is 2.44. The highest BCUT2D eigenvalue weighted by molar-refractivity contribution is 6.39. The van der Waals surface area contributed by atoms with Gasteiger partial charge in [0.1, 0.15) is 0 Å². The molecule has 0 saturated heterocycles. The van der Waals surface area contributed by atoms with Crippen molar-refractivity contribution in [1.82, 2.24) is 19.7 Å². The second kappa shape index (κ2) is 11.7. The smallest absolute Gasteiger partial charge is 0.433 e. The first-order valence-electron chi connectivity index (χ1n) is 11.6. The lowest BCUT2D eigenvalue weighted by Gasteiger charge is -2.33. The van der Waals surface area contributed by atoms with Crippen LogP contribution in [0.4, 0.5) is 26.3 Å². The van der Waals surface area contributed by atoms with Gasteiger partial charge in [0.25, 0.3) is 5.91 Å². The van der Waals surface area contributed by atoms with Gasteiger partial charge in [-0.25, -0.2) is 0 Å². The summed E-state index contributed by atoms with van der Waals surface area (Å²) in [5, 5.41) is 12.5. The van der Waals surface area contributed by atoms with Crippen LogP contribution in [0.3, 0.4) is 0 Å². The predicted molar refractivity (Wildman–Crippen MR) is 126 cm³/mol. The van der Waals surface area contributed by atoms with Crippen LogP contribution >= 0.6 is 23.2 Å². The third-order valence-electron chi connectivity index (χ3n) is 6.52. The maximum Gasteiger partial charge on any atom is 0.433 e. The summed E-state index contributed by atoms with van der Waals surface area (Å²) in [7, 11) is 0. The van der Waals surface area contributed by atoms with Crippen molar-refractivity contribution < 1.29 is 45.8 Å². The topological polar surface area (TPSA) is 105 Å². The number of nitrogens with zero attached hydrogens (tertiary/aromatic N) is 4. The molecule has 2 heterocycles. The molecule has 3 rings (SSSR count). The van der Waals surface area contributed by atoms with Crippen molar-refractivity contribution in [2.45, 2.75) is 51.0 Å². The fourth-order valence-corrected chi connectivity index (χ4v) is 5.22. The van der Waals surface area contributed by atoms with Crippen LogP contribution in [0.25, 0.3) is 0 Å². The normalized spacial score (nSPS) is 20.1. The van der Waals surface area contributed by atoms with E-state index in [9.17, 15) is 45.8 Å². The van der Waals surface area contributed by atoms with E-state index in [1.165, 1.54) is 0 Å². The van der Waals surface area contributed by atoms with Crippen LogP contribution < -0.4 is 0 Å². The molecule has 1 amide bonds. The summed E-state index contributed by atoms with van der Waals surface area (Å²) in [6.07, 6.45) is -8.76. The fourth-order valence-electron chi connectivity index (χ4n) is 4.65. The second-order valence-corrected chi connectivity index (χ2v) is 10.0. The molecule has 39 heavy (non-hydrogen) atoms. The number of carbonyl (C=O) groups is 3. The van der Waals surface area contributed by atoms with Crippen LogP contribution in [0.1, 0.15) is 65.1 Å². The van der Waals surface area contributed by atoms with Gasteiger partial charge in [0.05, 0.1) is 52.3 Å². The highest BCUT2D eigenvalue weighted by atomic mass is 35.5. The zero-order valence-electron chi connectivity index (χ0n) is 20.2. The van der Waals surface area contributed by atoms with Crippen molar-refractivity contribution in [1.29, 1.82) is 0 Å². The SMILES string of the molecule is C[C@H]1C[C@H](n2ncc(C(=O)N(CCC(F)(F)F)CC(=O)c3c(Cl)cncc3Cl)c2C(F)(F)F)CC[C@H]1C(=O)O. The third kappa shape index (κ3) is 7.21. The average molecular weight is 603 g/mol. The predicted octanol–water partition coefficient (Wildman–Crippen LogP) is 5.94. The van der Waals surface area contributed by atoms with Crippen LogP contribution in [-0.2, 0) is 11.0 Å². The Balaban J connectivity index is 1.98. The number of amides is 1. The summed E-state index contributed by atoms with van der Waals surface area (Å²) in [6.45, 7) is -0.604. The molecular weight excluding hydrogens is 581 g/mol. The van der Waals surface area contributed by atoms with Crippen LogP contribution in [0.2, 0.25) is 10.0 Å². The lowest BCUT2D eigenvalue weighted by molar-refractivity contribution is -0.149. The minimum Gasteiger partial charge on any atom is -0.481 e. The number of halogens is 8. The molecule has 1 aliphatic rings. The third-order valence-corrected chi connectivity index (χ3v) is 7.09. The van der Waals surface area contributed by atoms with E-state index in [4.69, 9.17) is 23.2 Å². The van der Waals surface area contributed by atoms with Gasteiger partial charge in [-0.05, 0) is 25.2 Å². The van der Waals surface area contributed by atoms with Crippen molar-refractivity contribution in [3.8, 4) is 0 Å². The van der Waals surface area contributed by atoms with E-state index in [2.05, 4.69) is 10.1 Å². The van der Waals surface area contributed by atoms with E-state index in [0.29, 0.717) is 15.8 Å². The van der Waals surface area contributed by atoms with Crippen molar-refractivity contribution in [2.75, 3.05) is 13.1 Å². The van der Waals surface area contributed by atoms with Crippen molar-refractivity contribution in [2.24, 2.45) is 11.8 Å². The lowest BCUT2D eigenvalue weighted by Crippen LogP contribution is -2.39. The van der Waals surface area contributed by atoms with E-state index in [-0.39, 0.29) is 34.9 Å². The Kier molecular flexibility index (Phi) is 9.20. The number of alkyl halides is 6. The maximum atomic E-state index is 14.2. The van der Waals surface area contributed by atoms with E-state index < -0.39 is 78.7 Å². The molecule has 2 aromatic heterocycles. The van der Waals surface area contributed by atoms with Crippen molar-refractivity contribution in [3.05, 3.63) is 45.5 Å². The number of hydrogen-bond acceptors (Lipinski definition) is 5. The quantitative estimate of drug-likeness (QED) is 0.296. The first kappa shape index (κ1) is 30.7. The van der Waals surface area contributed by atoms with Crippen LogP contribution in [-0.4, -0.2) is 61.7 Å². The number of pyridine rings is 1. The van der Waals surface area contributed by atoms with Gasteiger partial charge < -0.3 is 10.0 Å². The first-order chi connectivity index (χ1) is 18.0. The van der Waals surface area contributed by atoms with Crippen LogP contribution in [0.5, 0.6) is 0 Å². The molecule has 1 saturated carbocycles. The Morgan fingerprint density at radius 3 is 2.21 bits per heavy atom. The Bertz CT molecular complexity index is 1230. The number of carbonyl (C=O) groups excluding carboxylic acids is 2. The van der Waals surface area contributed by atoms with Crippen LogP contribution in [0.15, 0.2) is 18.6 Å². The van der Waals surface area contributed by atoms with Gasteiger partial charge in [-0.2, -0.15) is 31.4 Å². The number of ketones is 1. The number of hydrogen-bond donors (Lipinski definition) is 1. The highest BCUT2D eigenvalue weighted by Crippen LogP contribution is 2.41. The summed E-state index contributed by atoms with van der Waals surface area (Å²) < 4.78 is 82.2. The van der Waals surface area contributed by atoms with Gasteiger partial charge in [0.15, 0.2) is 11.5 Å². The zero-order chi connectivity index (χ0) is 29.3. The maximum absolute atomic E-state index is 14.2. The number of aromatic nitrogens is 3. The monoisotopic (exact) mass is 602 g/mol. The molecule has 3 atom stereocenters. The van der Waals surface area contributed by atoms with Crippen LogP contribution in [0, 0.1) is 11.8 Å². The second-order valence-electron chi connectivity index (χ2n) is 9.23. The molecule has 214 valence electrons. The van der Waals surface area contributed by atoms with Gasteiger partial charge in [-0.3, -0.25) is 24.0 Å². The molecule has 1 N–H and O–H groups in total. The summed E-state index contributed by atoms with van der Waals surface area (Å²) in [6, 6.07) is -0.909. The van der Waals surface area contributed by atoms with Crippen molar-refractivity contribution in [3.63, 3.8) is 0 Å². The van der Waals surface area contributed by atoms with E-state index in [0.717, 1.165) is 12.4 Å². The molecule has 0 aliphatic heterocycles. The number of rotatable bonds is 8. The lowest BCUT2D eigenvalue weighted by atomic mass is 9.78. The first-order valence-corrected chi connectivity index (χ1v) is 12.3. The van der Waals surface area contributed by atoms with Gasteiger partial charge in [0.2, 0.25) is 0 Å². The summed E-state index contributed by atoms with van der Waals surface area (Å²) >= 11 is 11.8. The molecule has 1 aliphatic carbocycles. The molecular formula is C23H22Cl2F6N4O4. The number of carboxylic acid groups (broad SMARTS) is 1. The fraction of sp³-hybridized carbons (Fsp3) is 0.522. The van der Waals surface area contributed by atoms with Gasteiger partial charge in [-0.1, -0.05) is 30.1 Å². The summed E-state index contributed by atoms with van der Waals surface area (Å²) in [5.74, 6) is -4.85. The Morgan fingerprint density at radius 1 is 1.08 bits per heavy atom. The number of Topliss-reactive ketones (excluding diaryl/α,β-unsaturated/α-hetero) is 1. The van der Waals surface area contributed by atoms with E-state index >= 15 is 0 Å². The minimum absolute atomic E-state index is 0.0185. The Morgan fingerprint density at radius 2 is 1.69 bits per heavy atom. The molecule has 0 aromatic carbocycles. The minimum atomic E-state index is -5.15. The van der Waals surface area contributed by atoms with Gasteiger partial charge in [0, 0.05) is 18.9 Å². The molecule has 0 radical (unpaired) electrons. The standard InChI is InChI=1S/C23H22Cl2F6N4O4/c1-11-6-12(2-3-13(11)21(38)39)35-19(23(29,30)31)14(7-33-35)20(37)34(5-4-22(26,27)28)10-17(36)18-15(24)8-32-9-16(18)25/h7-9,11-13H,2-6,10H2,1H3,(H,38,39)/t11-,12+,13+/m0/s1. The molecule has 0 bridgehead atoms. The summed E-state index contributed by atoms with van der Waals surface area (Å²) in [5.41, 5.74) is -2.89. The molecule has 0 spiro atoms. The molecule has 2 aromatic rings. The van der Waals surface area contributed by atoms with Gasteiger partial charge >= 0.3 is 18.3 Å². The number of carboxylic acids is 1. The van der Waals surface area contributed by atoms with E-state index in [1.54, 1.807) is 6.92 Å². The Labute approximate surface area is 227 Å². The van der Waals surface area contributed by atoms with Gasteiger partial charge in [-0.15, -0.1) is 0 Å². The molecule has 0 unspecified atom stereocenters. The zero-order valence-corrected chi connectivity index (χ0v) is 21.7. The molecule has 16 heteroatoms. The summed E-state index contributed by atoms with van der Waals surface area (Å²) in [4.78, 5) is 41.5. The van der Waals surface area contributed by atoms with E-state index in [1.807, 2.05) is 0 Å². The molecule has 1 fully saturated rings. The number of aliphatic carboxylic acids is 1. The average Bonchev–Trinajstić information content (AvgIpc) is 3.26. The van der Waals surface area contributed by atoms with Crippen molar-refractivity contribution >= 4 is 40.9 Å².